The third-order valence-electron chi connectivity index (χ3n) is 4.45. The minimum Gasteiger partial charge on any atom is -0.493 e. The van der Waals surface area contributed by atoms with E-state index in [0.29, 0.717) is 25.3 Å². The molecule has 0 radical (unpaired) electrons. The van der Waals surface area contributed by atoms with Crippen LogP contribution < -0.4 is 9.46 Å². The smallest absolute Gasteiger partial charge is 0.240 e. The molecule has 1 heterocycles. The molecule has 0 bridgehead atoms. The van der Waals surface area contributed by atoms with E-state index < -0.39 is 10.0 Å². The molecule has 0 fully saturated rings. The molecule has 0 unspecified atom stereocenters. The Morgan fingerprint density at radius 1 is 1.15 bits per heavy atom. The van der Waals surface area contributed by atoms with Crippen LogP contribution in [0.5, 0.6) is 5.75 Å². The molecule has 0 aliphatic carbocycles. The maximum Gasteiger partial charge on any atom is 0.240 e. The van der Waals surface area contributed by atoms with Crippen molar-refractivity contribution < 1.29 is 13.2 Å². The maximum atomic E-state index is 12.6. The molecule has 144 valence electrons. The average Bonchev–Trinajstić information content (AvgIpc) is 2.92. The van der Waals surface area contributed by atoms with Gasteiger partial charge >= 0.3 is 0 Å². The highest BCUT2D eigenvalue weighted by Crippen LogP contribution is 2.28. The van der Waals surface area contributed by atoms with Gasteiger partial charge in [0, 0.05) is 29.2 Å². The van der Waals surface area contributed by atoms with Crippen LogP contribution in [-0.4, -0.2) is 26.6 Å². The largest absolute Gasteiger partial charge is 0.493 e. The Balaban J connectivity index is 1.76. The third kappa shape index (κ3) is 4.36. The first-order chi connectivity index (χ1) is 12.8. The molecule has 7 heteroatoms. The van der Waals surface area contributed by atoms with Crippen molar-refractivity contribution in [2.45, 2.75) is 32.1 Å². The fourth-order valence-electron chi connectivity index (χ4n) is 3.13. The van der Waals surface area contributed by atoms with Gasteiger partial charge < -0.3 is 9.72 Å². The number of nitrogens with one attached hydrogen (secondary N) is 2. The molecule has 0 saturated carbocycles. The van der Waals surface area contributed by atoms with E-state index in [-0.39, 0.29) is 4.90 Å². The van der Waals surface area contributed by atoms with Gasteiger partial charge in [0.25, 0.3) is 0 Å². The fourth-order valence-corrected chi connectivity index (χ4v) is 4.54. The van der Waals surface area contributed by atoms with E-state index >= 15 is 0 Å². The quantitative estimate of drug-likeness (QED) is 0.557. The monoisotopic (exact) mass is 450 g/mol. The predicted octanol–water partition coefficient (Wildman–Crippen LogP) is 4.47. The zero-order valence-electron chi connectivity index (χ0n) is 15.6. The van der Waals surface area contributed by atoms with Crippen molar-refractivity contribution in [3.05, 3.63) is 57.7 Å². The van der Waals surface area contributed by atoms with Crippen LogP contribution in [0.25, 0.3) is 10.9 Å². The van der Waals surface area contributed by atoms with Crippen LogP contribution in [0, 0.1) is 13.8 Å². The van der Waals surface area contributed by atoms with Crippen LogP contribution in [0.3, 0.4) is 0 Å². The minimum atomic E-state index is -3.61. The molecule has 3 rings (SSSR count). The summed E-state index contributed by atoms with van der Waals surface area (Å²) in [5.74, 6) is 0.517. The molecule has 0 saturated heterocycles. The Morgan fingerprint density at radius 2 is 1.93 bits per heavy atom. The van der Waals surface area contributed by atoms with Crippen molar-refractivity contribution in [1.29, 1.82) is 0 Å². The van der Waals surface area contributed by atoms with Gasteiger partial charge in [0.1, 0.15) is 5.75 Å². The second-order valence-corrected chi connectivity index (χ2v) is 9.07. The second kappa shape index (κ2) is 8.04. The Hall–Kier alpha value is -1.83. The van der Waals surface area contributed by atoms with E-state index in [1.54, 1.807) is 12.1 Å². The van der Waals surface area contributed by atoms with E-state index in [4.69, 9.17) is 4.74 Å². The lowest BCUT2D eigenvalue weighted by Crippen LogP contribution is -2.26. The average molecular weight is 451 g/mol. The van der Waals surface area contributed by atoms with Gasteiger partial charge in [-0.2, -0.15) is 0 Å². The first-order valence-corrected chi connectivity index (χ1v) is 11.1. The maximum absolute atomic E-state index is 12.6. The van der Waals surface area contributed by atoms with Crippen LogP contribution in [0.4, 0.5) is 0 Å². The van der Waals surface area contributed by atoms with Crippen molar-refractivity contribution in [2.75, 3.05) is 13.2 Å². The number of rotatable bonds is 7. The van der Waals surface area contributed by atoms with E-state index in [2.05, 4.69) is 50.8 Å². The van der Waals surface area contributed by atoms with Crippen LogP contribution in [0.15, 0.2) is 45.8 Å². The molecule has 27 heavy (non-hydrogen) atoms. The fraction of sp³-hybridized carbons (Fsp3) is 0.300. The number of halogens is 1. The molecule has 1 aromatic heterocycles. The molecule has 0 atom stereocenters. The number of aryl methyl sites for hydroxylation is 2. The lowest BCUT2D eigenvalue weighted by molar-refractivity contribution is 0.337. The molecule has 0 spiro atoms. The second-order valence-electron chi connectivity index (χ2n) is 6.45. The number of benzene rings is 2. The highest BCUT2D eigenvalue weighted by atomic mass is 79.9. The zero-order valence-corrected chi connectivity index (χ0v) is 18.0. The van der Waals surface area contributed by atoms with Crippen LogP contribution in [0.2, 0.25) is 0 Å². The van der Waals surface area contributed by atoms with Crippen LogP contribution in [0.1, 0.15) is 23.7 Å². The summed E-state index contributed by atoms with van der Waals surface area (Å²) in [5, 5.41) is 1.15. The Morgan fingerprint density at radius 3 is 2.67 bits per heavy atom. The normalized spacial score (nSPS) is 11.9. The molecular formula is C20H23BrN2O3S. The summed E-state index contributed by atoms with van der Waals surface area (Å²) in [4.78, 5) is 3.56. The Bertz CT molecular complexity index is 1070. The minimum absolute atomic E-state index is 0.195. The summed E-state index contributed by atoms with van der Waals surface area (Å²) in [6, 6.07) is 11.0. The van der Waals surface area contributed by atoms with Gasteiger partial charge in [-0.15, -0.1) is 0 Å². The number of H-pyrrole nitrogens is 1. The highest BCUT2D eigenvalue weighted by molar-refractivity contribution is 9.10. The molecule has 0 amide bonds. The first-order valence-electron chi connectivity index (χ1n) is 8.81. The Labute approximate surface area is 168 Å². The van der Waals surface area contributed by atoms with Gasteiger partial charge in [-0.25, -0.2) is 13.1 Å². The van der Waals surface area contributed by atoms with E-state index in [9.17, 15) is 8.42 Å². The van der Waals surface area contributed by atoms with Crippen molar-refractivity contribution in [3.63, 3.8) is 0 Å². The van der Waals surface area contributed by atoms with Crippen molar-refractivity contribution in [3.8, 4) is 5.75 Å². The van der Waals surface area contributed by atoms with Gasteiger partial charge in [0.15, 0.2) is 0 Å². The topological polar surface area (TPSA) is 71.2 Å². The van der Waals surface area contributed by atoms with Gasteiger partial charge in [-0.3, -0.25) is 0 Å². The first kappa shape index (κ1) is 19.9. The van der Waals surface area contributed by atoms with Crippen molar-refractivity contribution >= 4 is 36.9 Å². The zero-order chi connectivity index (χ0) is 19.6. The lowest BCUT2D eigenvalue weighted by atomic mass is 10.1. The summed E-state index contributed by atoms with van der Waals surface area (Å²) < 4.78 is 34.2. The standard InChI is InChI=1S/C20H23BrN2O3S/c1-4-26-20-12-15(6-7-18(20)21)27(24,25)22-10-9-16-14(3)23-19-8-5-13(2)11-17(16)19/h5-8,11-12,22-23H,4,9-10H2,1-3H3. The Kier molecular flexibility index (Phi) is 5.93. The summed E-state index contributed by atoms with van der Waals surface area (Å²) >= 11 is 3.37. The third-order valence-corrected chi connectivity index (χ3v) is 6.57. The number of aromatic amines is 1. The summed E-state index contributed by atoms with van der Waals surface area (Å²) in [6.07, 6.45) is 0.614. The summed E-state index contributed by atoms with van der Waals surface area (Å²) in [5.41, 5.74) is 4.46. The van der Waals surface area contributed by atoms with Crippen LogP contribution >= 0.6 is 15.9 Å². The predicted molar refractivity (Wildman–Crippen MR) is 112 cm³/mol. The van der Waals surface area contributed by atoms with Gasteiger partial charge in [0.05, 0.1) is 16.0 Å². The molecule has 5 nitrogen and oxygen atoms in total. The van der Waals surface area contributed by atoms with Gasteiger partial charge in [-0.1, -0.05) is 11.6 Å². The summed E-state index contributed by atoms with van der Waals surface area (Å²) in [7, 11) is -3.61. The molecule has 2 aromatic carbocycles. The van der Waals surface area contributed by atoms with E-state index in [0.717, 1.165) is 26.6 Å². The molecular weight excluding hydrogens is 428 g/mol. The van der Waals surface area contributed by atoms with Crippen molar-refractivity contribution in [2.24, 2.45) is 0 Å². The highest BCUT2D eigenvalue weighted by Gasteiger charge is 2.17. The summed E-state index contributed by atoms with van der Waals surface area (Å²) in [6.45, 7) is 6.72. The molecule has 3 aromatic rings. The van der Waals surface area contributed by atoms with E-state index in [1.165, 1.54) is 11.6 Å². The molecule has 0 aliphatic heterocycles. The van der Waals surface area contributed by atoms with Gasteiger partial charge in [0.2, 0.25) is 10.0 Å². The SMILES string of the molecule is CCOc1cc(S(=O)(=O)NCCc2c(C)[nH]c3ccc(C)cc23)ccc1Br. The number of hydrogen-bond donors (Lipinski definition) is 2. The number of fused-ring (bicyclic) bond motifs is 1. The number of ether oxygens (including phenoxy) is 1. The van der Waals surface area contributed by atoms with E-state index in [1.807, 2.05) is 13.8 Å². The van der Waals surface area contributed by atoms with Crippen molar-refractivity contribution in [1.82, 2.24) is 9.71 Å². The molecule has 0 aliphatic rings. The molecule has 2 N–H and O–H groups in total. The van der Waals surface area contributed by atoms with Crippen LogP contribution in [-0.2, 0) is 16.4 Å². The van der Waals surface area contributed by atoms with Gasteiger partial charge in [-0.05, 0) is 73.0 Å². The number of aromatic nitrogens is 1. The number of hydrogen-bond acceptors (Lipinski definition) is 3. The number of sulfonamides is 1. The lowest BCUT2D eigenvalue weighted by Gasteiger charge is -2.10.